The highest BCUT2D eigenvalue weighted by Crippen LogP contribution is 2.13. The third kappa shape index (κ3) is 4.20. The predicted molar refractivity (Wildman–Crippen MR) is 85.4 cm³/mol. The molecule has 0 saturated heterocycles. The second-order valence-electron chi connectivity index (χ2n) is 4.42. The van der Waals surface area contributed by atoms with Crippen LogP contribution in [0.2, 0.25) is 5.02 Å². The number of benzene rings is 2. The first-order valence-electron chi connectivity index (χ1n) is 6.52. The zero-order valence-electron chi connectivity index (χ0n) is 11.9. The molecule has 2 aromatic carbocycles. The Kier molecular flexibility index (Phi) is 5.33. The third-order valence-corrected chi connectivity index (χ3v) is 3.12. The summed E-state index contributed by atoms with van der Waals surface area (Å²) in [6.45, 7) is 0. The molecule has 0 aromatic heterocycles. The second-order valence-corrected chi connectivity index (χ2v) is 4.86. The number of methoxy groups -OCH3 is 1. The molecule has 5 heteroatoms. The Morgan fingerprint density at radius 3 is 2.27 bits per heavy atom. The molecule has 22 heavy (non-hydrogen) atoms. The number of esters is 1. The molecule has 0 fully saturated rings. The summed E-state index contributed by atoms with van der Waals surface area (Å²) in [5, 5.41) is 3.15. The molecule has 1 N–H and O–H groups in total. The van der Waals surface area contributed by atoms with Gasteiger partial charge in [0.05, 0.1) is 7.11 Å². The smallest absolute Gasteiger partial charge is 0.354 e. The fourth-order valence-corrected chi connectivity index (χ4v) is 1.89. The molecule has 0 heterocycles. The lowest BCUT2D eigenvalue weighted by Gasteiger charge is -2.08. The summed E-state index contributed by atoms with van der Waals surface area (Å²) in [6, 6.07) is 15.5. The summed E-state index contributed by atoms with van der Waals surface area (Å²) >= 11 is 5.82. The van der Waals surface area contributed by atoms with E-state index >= 15 is 0 Å². The lowest BCUT2D eigenvalue weighted by molar-refractivity contribution is -0.136. The molecule has 1 amide bonds. The number of carbonyl (C=O) groups excluding carboxylic acids is 2. The van der Waals surface area contributed by atoms with Gasteiger partial charge < -0.3 is 10.1 Å². The Labute approximate surface area is 133 Å². The third-order valence-electron chi connectivity index (χ3n) is 2.87. The number of hydrogen-bond donors (Lipinski definition) is 1. The summed E-state index contributed by atoms with van der Waals surface area (Å²) in [6.07, 6.45) is 1.53. The van der Waals surface area contributed by atoms with Crippen LogP contribution in [0.1, 0.15) is 15.9 Å². The average molecular weight is 316 g/mol. The molecule has 0 aliphatic heterocycles. The standard InChI is InChI=1S/C17H14ClNO3/c1-22-17(21)15(11-12-7-9-14(18)10-8-12)19-16(20)13-5-3-2-4-6-13/h2-11H,1H3,(H,19,20). The highest BCUT2D eigenvalue weighted by Gasteiger charge is 2.14. The fourth-order valence-electron chi connectivity index (χ4n) is 1.77. The van der Waals surface area contributed by atoms with Crippen molar-refractivity contribution in [3.63, 3.8) is 0 Å². The Morgan fingerprint density at radius 2 is 1.68 bits per heavy atom. The van der Waals surface area contributed by atoms with Gasteiger partial charge in [0.1, 0.15) is 5.70 Å². The number of carbonyl (C=O) groups is 2. The van der Waals surface area contributed by atoms with Crippen LogP contribution in [0.25, 0.3) is 6.08 Å². The van der Waals surface area contributed by atoms with Gasteiger partial charge >= 0.3 is 5.97 Å². The second kappa shape index (κ2) is 7.43. The van der Waals surface area contributed by atoms with Gasteiger partial charge in [0.2, 0.25) is 0 Å². The lowest BCUT2D eigenvalue weighted by atomic mass is 10.1. The first kappa shape index (κ1) is 15.8. The average Bonchev–Trinajstić information content (AvgIpc) is 2.56. The normalized spacial score (nSPS) is 10.9. The van der Waals surface area contributed by atoms with Crippen LogP contribution in [0, 0.1) is 0 Å². The van der Waals surface area contributed by atoms with Crippen LogP contribution in [0.15, 0.2) is 60.3 Å². The van der Waals surface area contributed by atoms with E-state index in [9.17, 15) is 9.59 Å². The van der Waals surface area contributed by atoms with Crippen LogP contribution >= 0.6 is 11.6 Å². The van der Waals surface area contributed by atoms with Crippen LogP contribution in [-0.2, 0) is 9.53 Å². The number of amides is 1. The molecule has 0 spiro atoms. The Morgan fingerprint density at radius 1 is 1.05 bits per heavy atom. The fraction of sp³-hybridized carbons (Fsp3) is 0.0588. The summed E-state index contributed by atoms with van der Waals surface area (Å²) in [5.74, 6) is -1.01. The highest BCUT2D eigenvalue weighted by molar-refractivity contribution is 6.30. The zero-order valence-corrected chi connectivity index (χ0v) is 12.6. The lowest BCUT2D eigenvalue weighted by Crippen LogP contribution is -2.28. The molecule has 0 bridgehead atoms. The number of hydrogen-bond acceptors (Lipinski definition) is 3. The van der Waals surface area contributed by atoms with Crippen molar-refractivity contribution in [2.24, 2.45) is 0 Å². The van der Waals surface area contributed by atoms with E-state index in [1.807, 2.05) is 6.07 Å². The van der Waals surface area contributed by atoms with Crippen molar-refractivity contribution in [1.82, 2.24) is 5.32 Å². The maximum atomic E-state index is 12.1. The van der Waals surface area contributed by atoms with E-state index in [0.717, 1.165) is 5.56 Å². The highest BCUT2D eigenvalue weighted by atomic mass is 35.5. The largest absolute Gasteiger partial charge is 0.464 e. The minimum Gasteiger partial charge on any atom is -0.464 e. The van der Waals surface area contributed by atoms with Gasteiger partial charge in [0, 0.05) is 10.6 Å². The van der Waals surface area contributed by atoms with Crippen LogP contribution in [0.3, 0.4) is 0 Å². The van der Waals surface area contributed by atoms with Crippen molar-refractivity contribution < 1.29 is 14.3 Å². The first-order chi connectivity index (χ1) is 10.6. The number of rotatable bonds is 4. The molecule has 0 aliphatic carbocycles. The summed E-state index contributed by atoms with van der Waals surface area (Å²) in [5.41, 5.74) is 1.23. The summed E-state index contributed by atoms with van der Waals surface area (Å²) < 4.78 is 4.70. The molecule has 2 aromatic rings. The van der Waals surface area contributed by atoms with E-state index in [-0.39, 0.29) is 11.6 Å². The van der Waals surface area contributed by atoms with Gasteiger partial charge in [-0.3, -0.25) is 4.79 Å². The van der Waals surface area contributed by atoms with Gasteiger partial charge in [-0.1, -0.05) is 41.9 Å². The van der Waals surface area contributed by atoms with E-state index in [1.165, 1.54) is 13.2 Å². The molecule has 2 rings (SSSR count). The summed E-state index contributed by atoms with van der Waals surface area (Å²) in [4.78, 5) is 24.0. The van der Waals surface area contributed by atoms with E-state index < -0.39 is 5.97 Å². The Hall–Kier alpha value is -2.59. The van der Waals surface area contributed by atoms with Gasteiger partial charge in [-0.05, 0) is 35.9 Å². The van der Waals surface area contributed by atoms with Gasteiger partial charge in [-0.15, -0.1) is 0 Å². The van der Waals surface area contributed by atoms with Crippen molar-refractivity contribution in [2.45, 2.75) is 0 Å². The molecule has 0 unspecified atom stereocenters. The van der Waals surface area contributed by atoms with Crippen molar-refractivity contribution in [3.8, 4) is 0 Å². The van der Waals surface area contributed by atoms with Crippen molar-refractivity contribution in [2.75, 3.05) is 7.11 Å². The van der Waals surface area contributed by atoms with Crippen LogP contribution in [0.5, 0.6) is 0 Å². The first-order valence-corrected chi connectivity index (χ1v) is 6.90. The Bertz CT molecular complexity index is 694. The molecular formula is C17H14ClNO3. The van der Waals surface area contributed by atoms with Crippen LogP contribution in [-0.4, -0.2) is 19.0 Å². The van der Waals surface area contributed by atoms with E-state index in [4.69, 9.17) is 16.3 Å². The quantitative estimate of drug-likeness (QED) is 0.696. The molecule has 4 nitrogen and oxygen atoms in total. The van der Waals surface area contributed by atoms with Crippen molar-refractivity contribution >= 4 is 29.6 Å². The molecule has 112 valence electrons. The van der Waals surface area contributed by atoms with Gasteiger partial charge in [0.25, 0.3) is 5.91 Å². The molecular weight excluding hydrogens is 302 g/mol. The van der Waals surface area contributed by atoms with E-state index in [2.05, 4.69) is 5.32 Å². The van der Waals surface area contributed by atoms with Gasteiger partial charge in [-0.25, -0.2) is 4.79 Å². The van der Waals surface area contributed by atoms with E-state index in [1.54, 1.807) is 48.5 Å². The minimum atomic E-state index is -0.626. The maximum Gasteiger partial charge on any atom is 0.354 e. The number of halogens is 1. The molecule has 0 atom stereocenters. The topological polar surface area (TPSA) is 55.4 Å². The Balaban J connectivity index is 2.25. The predicted octanol–water partition coefficient (Wildman–Crippen LogP) is 3.28. The molecule has 0 radical (unpaired) electrons. The monoisotopic (exact) mass is 315 g/mol. The van der Waals surface area contributed by atoms with Crippen LogP contribution in [0.4, 0.5) is 0 Å². The van der Waals surface area contributed by atoms with Crippen molar-refractivity contribution in [3.05, 3.63) is 76.4 Å². The van der Waals surface area contributed by atoms with Gasteiger partial charge in [0.15, 0.2) is 0 Å². The zero-order chi connectivity index (χ0) is 15.9. The number of ether oxygens (including phenoxy) is 1. The molecule has 0 saturated carbocycles. The molecule has 0 aliphatic rings. The number of nitrogens with one attached hydrogen (secondary N) is 1. The maximum absolute atomic E-state index is 12.1. The van der Waals surface area contributed by atoms with E-state index in [0.29, 0.717) is 10.6 Å². The van der Waals surface area contributed by atoms with Gasteiger partial charge in [-0.2, -0.15) is 0 Å². The summed E-state index contributed by atoms with van der Waals surface area (Å²) in [7, 11) is 1.26. The SMILES string of the molecule is COC(=O)C(=Cc1ccc(Cl)cc1)NC(=O)c1ccccc1. The van der Waals surface area contributed by atoms with Crippen molar-refractivity contribution in [1.29, 1.82) is 0 Å². The minimum absolute atomic E-state index is 0.0543. The van der Waals surface area contributed by atoms with Crippen LogP contribution < -0.4 is 5.32 Å².